The molecule has 11 nitrogen and oxygen atoms in total. The highest BCUT2D eigenvalue weighted by atomic mass is 32.2. The first-order chi connectivity index (χ1) is 18.0. The Morgan fingerprint density at radius 3 is 2.56 bits per heavy atom. The maximum absolute atomic E-state index is 13.9. The lowest BCUT2D eigenvalue weighted by Gasteiger charge is -2.35. The van der Waals surface area contributed by atoms with Crippen molar-refractivity contribution in [1.29, 1.82) is 0 Å². The molecule has 0 saturated carbocycles. The van der Waals surface area contributed by atoms with Gasteiger partial charge < -0.3 is 19.5 Å². The van der Waals surface area contributed by atoms with Crippen LogP contribution in [0.15, 0.2) is 41.6 Å². The minimum atomic E-state index is -4.70. The van der Waals surface area contributed by atoms with Gasteiger partial charge in [-0.3, -0.25) is 14.3 Å². The fourth-order valence-corrected chi connectivity index (χ4v) is 5.10. The minimum absolute atomic E-state index is 0.0566. The van der Waals surface area contributed by atoms with E-state index in [0.717, 1.165) is 10.5 Å². The van der Waals surface area contributed by atoms with E-state index in [1.54, 1.807) is 34.6 Å². The number of allylic oxidation sites excluding steroid dienone is 1. The Morgan fingerprint density at radius 2 is 1.97 bits per heavy atom. The lowest BCUT2D eigenvalue weighted by Crippen LogP contribution is -2.47. The normalized spacial score (nSPS) is 15.7. The van der Waals surface area contributed by atoms with Crippen LogP contribution in [0.3, 0.4) is 0 Å². The standard InChI is InChI=1S/C24H32F3N5O6S/c1-7-31-13-20(21(30-31)36-14-24(25,26)27)39(34,35)32-12-17(11-28-15(2)3)37-19-9-8-16(10-18(19)32)29-22(33)38-23(4,5)6/h8-10,13,17,28H,2,7,11-12,14H2,1,3-6H3,(H,29,33)/t17-/m0/s1. The first kappa shape index (κ1) is 29.9. The Labute approximate surface area is 224 Å². The number of benzene rings is 1. The molecule has 0 bridgehead atoms. The molecule has 39 heavy (non-hydrogen) atoms. The van der Waals surface area contributed by atoms with E-state index in [-0.39, 0.29) is 36.8 Å². The quantitative estimate of drug-likeness (QED) is 0.455. The summed E-state index contributed by atoms with van der Waals surface area (Å²) in [7, 11) is -4.53. The van der Waals surface area contributed by atoms with Gasteiger partial charge in [-0.15, -0.1) is 5.10 Å². The fourth-order valence-electron chi connectivity index (χ4n) is 3.53. The van der Waals surface area contributed by atoms with Crippen LogP contribution < -0.4 is 24.4 Å². The zero-order chi connectivity index (χ0) is 29.2. The lowest BCUT2D eigenvalue weighted by atomic mass is 10.2. The van der Waals surface area contributed by atoms with Crippen LogP contribution in [0.5, 0.6) is 11.6 Å². The number of hydrogen-bond acceptors (Lipinski definition) is 8. The Hall–Kier alpha value is -3.62. The molecule has 1 aliphatic rings. The molecule has 216 valence electrons. The van der Waals surface area contributed by atoms with E-state index in [1.807, 2.05) is 0 Å². The number of aryl methyl sites for hydroxylation is 1. The molecular weight excluding hydrogens is 543 g/mol. The lowest BCUT2D eigenvalue weighted by molar-refractivity contribution is -0.154. The molecule has 1 aromatic heterocycles. The number of hydrogen-bond donors (Lipinski definition) is 2. The van der Waals surface area contributed by atoms with Crippen LogP contribution in [0.4, 0.5) is 29.3 Å². The summed E-state index contributed by atoms with van der Waals surface area (Å²) < 4.78 is 84.7. The van der Waals surface area contributed by atoms with Gasteiger partial charge in [-0.1, -0.05) is 6.58 Å². The first-order valence-electron chi connectivity index (χ1n) is 12.0. The van der Waals surface area contributed by atoms with Crippen molar-refractivity contribution in [3.05, 3.63) is 36.7 Å². The van der Waals surface area contributed by atoms with Gasteiger partial charge in [-0.25, -0.2) is 13.2 Å². The number of carbonyl (C=O) groups is 1. The number of sulfonamides is 1. The molecule has 0 unspecified atom stereocenters. The molecule has 0 fully saturated rings. The number of ether oxygens (including phenoxy) is 3. The van der Waals surface area contributed by atoms with E-state index in [2.05, 4.69) is 22.3 Å². The van der Waals surface area contributed by atoms with Gasteiger partial charge in [0.15, 0.2) is 11.5 Å². The van der Waals surface area contributed by atoms with Crippen molar-refractivity contribution < 1.29 is 40.6 Å². The third-order valence-corrected chi connectivity index (χ3v) is 6.89. The molecule has 1 aliphatic heterocycles. The Morgan fingerprint density at radius 1 is 1.28 bits per heavy atom. The van der Waals surface area contributed by atoms with Crippen molar-refractivity contribution in [3.8, 4) is 11.6 Å². The zero-order valence-corrected chi connectivity index (χ0v) is 23.1. The zero-order valence-electron chi connectivity index (χ0n) is 22.3. The van der Waals surface area contributed by atoms with Gasteiger partial charge in [-0.05, 0) is 52.8 Å². The molecule has 2 heterocycles. The molecule has 0 saturated heterocycles. The Bertz CT molecular complexity index is 1320. The van der Waals surface area contributed by atoms with Crippen molar-refractivity contribution in [2.45, 2.75) is 63.9 Å². The van der Waals surface area contributed by atoms with Gasteiger partial charge in [-0.2, -0.15) is 13.2 Å². The van der Waals surface area contributed by atoms with Crippen molar-refractivity contribution in [3.63, 3.8) is 0 Å². The van der Waals surface area contributed by atoms with E-state index >= 15 is 0 Å². The molecule has 0 aliphatic carbocycles. The number of nitrogens with zero attached hydrogens (tertiary/aromatic N) is 3. The Kier molecular flexibility index (Phi) is 8.63. The maximum Gasteiger partial charge on any atom is 0.422 e. The summed E-state index contributed by atoms with van der Waals surface area (Å²) in [6.07, 6.45) is -5.04. The van der Waals surface area contributed by atoms with E-state index in [0.29, 0.717) is 5.70 Å². The molecule has 1 amide bonds. The number of rotatable bonds is 9. The van der Waals surface area contributed by atoms with E-state index < -0.39 is 51.4 Å². The molecule has 3 rings (SSSR count). The van der Waals surface area contributed by atoms with Crippen LogP contribution in [0.25, 0.3) is 0 Å². The second-order valence-corrected chi connectivity index (χ2v) is 11.6. The van der Waals surface area contributed by atoms with Gasteiger partial charge in [0.05, 0.1) is 18.8 Å². The maximum atomic E-state index is 13.9. The van der Waals surface area contributed by atoms with Crippen molar-refractivity contribution in [2.75, 3.05) is 29.3 Å². The molecular formula is C24H32F3N5O6S. The largest absolute Gasteiger partial charge is 0.484 e. The van der Waals surface area contributed by atoms with Crippen LogP contribution in [0.1, 0.15) is 34.6 Å². The molecule has 2 aromatic rings. The highest BCUT2D eigenvalue weighted by molar-refractivity contribution is 7.93. The van der Waals surface area contributed by atoms with E-state index in [1.165, 1.54) is 22.9 Å². The second-order valence-electron chi connectivity index (χ2n) is 9.80. The number of nitrogens with one attached hydrogen (secondary N) is 2. The van der Waals surface area contributed by atoms with Crippen LogP contribution >= 0.6 is 0 Å². The number of fused-ring (bicyclic) bond motifs is 1. The van der Waals surface area contributed by atoms with Crippen molar-refractivity contribution >= 4 is 27.5 Å². The monoisotopic (exact) mass is 575 g/mol. The highest BCUT2D eigenvalue weighted by Gasteiger charge is 2.39. The van der Waals surface area contributed by atoms with Crippen molar-refractivity contribution in [2.24, 2.45) is 0 Å². The van der Waals surface area contributed by atoms with Gasteiger partial charge in [0, 0.05) is 24.1 Å². The predicted molar refractivity (Wildman–Crippen MR) is 138 cm³/mol. The Balaban J connectivity index is 2.04. The summed E-state index contributed by atoms with van der Waals surface area (Å²) >= 11 is 0. The summed E-state index contributed by atoms with van der Waals surface area (Å²) in [6.45, 7) is 10.7. The van der Waals surface area contributed by atoms with Gasteiger partial charge in [0.2, 0.25) is 0 Å². The fraction of sp³-hybridized carbons (Fsp3) is 0.500. The molecule has 2 N–H and O–H groups in total. The SMILES string of the molecule is C=C(C)NC[C@H]1CN(S(=O)(=O)c2cn(CC)nc2OCC(F)(F)F)c2cc(NC(=O)OC(C)(C)C)ccc2O1. The molecule has 0 spiro atoms. The molecule has 1 aromatic carbocycles. The summed E-state index contributed by atoms with van der Waals surface area (Å²) in [6, 6.07) is 4.36. The smallest absolute Gasteiger partial charge is 0.422 e. The number of carbonyl (C=O) groups excluding carboxylic acids is 1. The number of halogens is 3. The van der Waals surface area contributed by atoms with Crippen LogP contribution in [0.2, 0.25) is 0 Å². The van der Waals surface area contributed by atoms with Crippen LogP contribution in [0, 0.1) is 0 Å². The minimum Gasteiger partial charge on any atom is -0.484 e. The number of amides is 1. The highest BCUT2D eigenvalue weighted by Crippen LogP contribution is 2.40. The number of aromatic nitrogens is 2. The van der Waals surface area contributed by atoms with Gasteiger partial charge >= 0.3 is 12.3 Å². The molecule has 0 radical (unpaired) electrons. The van der Waals surface area contributed by atoms with E-state index in [9.17, 15) is 26.4 Å². The van der Waals surface area contributed by atoms with Crippen LogP contribution in [-0.2, 0) is 21.3 Å². The first-order valence-corrected chi connectivity index (χ1v) is 13.4. The van der Waals surface area contributed by atoms with Gasteiger partial charge in [0.25, 0.3) is 15.9 Å². The average molecular weight is 576 g/mol. The summed E-state index contributed by atoms with van der Waals surface area (Å²) in [4.78, 5) is 11.8. The van der Waals surface area contributed by atoms with Crippen LogP contribution in [-0.4, -0.2) is 61.9 Å². The summed E-state index contributed by atoms with van der Waals surface area (Å²) in [5.41, 5.74) is 0.124. The number of alkyl halides is 3. The third-order valence-electron chi connectivity index (χ3n) is 5.13. The molecule has 1 atom stereocenters. The predicted octanol–water partition coefficient (Wildman–Crippen LogP) is 4.27. The summed E-state index contributed by atoms with van der Waals surface area (Å²) in [5.74, 6) is -0.504. The average Bonchev–Trinajstić information content (AvgIpc) is 3.23. The van der Waals surface area contributed by atoms with E-state index in [4.69, 9.17) is 14.2 Å². The molecule has 15 heteroatoms. The van der Waals surface area contributed by atoms with Gasteiger partial charge in [0.1, 0.15) is 17.5 Å². The summed E-state index contributed by atoms with van der Waals surface area (Å²) in [5, 5.41) is 9.42. The number of anilines is 2. The topological polar surface area (TPSA) is 124 Å². The van der Waals surface area contributed by atoms with Crippen molar-refractivity contribution in [1.82, 2.24) is 15.1 Å². The second kappa shape index (κ2) is 11.2. The third kappa shape index (κ3) is 7.94.